The number of carbonyl (C=O) groups excluding carboxylic acids is 1. The van der Waals surface area contributed by atoms with Crippen LogP contribution in [0.4, 0.5) is 11.4 Å². The largest absolute Gasteiger partial charge is 0.456 e. The molecule has 2 heterocycles. The van der Waals surface area contributed by atoms with Crippen LogP contribution in [0.25, 0.3) is 17.4 Å². The number of nitrogens with one attached hydrogen (secondary N) is 1. The number of rotatable bonds is 4. The lowest BCUT2D eigenvalue weighted by Crippen LogP contribution is -2.19. The molecule has 1 N–H and O–H groups in total. The molecule has 0 radical (unpaired) electrons. The molecule has 0 aliphatic carbocycles. The quantitative estimate of drug-likeness (QED) is 0.349. The number of hydrogen-bond donors (Lipinski definition) is 1. The van der Waals surface area contributed by atoms with Gasteiger partial charge in [-0.05, 0) is 55.4 Å². The standard InChI is InChI=1S/C22H17N3O4S/c1-13-7-9-17(14(2)11-13)23-22-24-21(26)20(30-22)12-15-8-10-19(29-15)16-5-3-4-6-18(16)25(27)28/h3-12H,1-2H3,(H,23,24,26)/b20-12-. The molecule has 0 unspecified atom stereocenters. The lowest BCUT2D eigenvalue weighted by atomic mass is 10.1. The molecule has 1 fully saturated rings. The Labute approximate surface area is 176 Å². The highest BCUT2D eigenvalue weighted by molar-refractivity contribution is 8.18. The first-order valence-electron chi connectivity index (χ1n) is 9.11. The van der Waals surface area contributed by atoms with E-state index >= 15 is 0 Å². The van der Waals surface area contributed by atoms with Crippen molar-refractivity contribution in [2.24, 2.45) is 4.99 Å². The number of amides is 1. The van der Waals surface area contributed by atoms with Crippen LogP contribution in [-0.2, 0) is 4.79 Å². The summed E-state index contributed by atoms with van der Waals surface area (Å²) in [5.41, 5.74) is 3.30. The van der Waals surface area contributed by atoms with Crippen LogP contribution in [0, 0.1) is 24.0 Å². The third-order valence-corrected chi connectivity index (χ3v) is 5.40. The van der Waals surface area contributed by atoms with Crippen molar-refractivity contribution in [3.8, 4) is 11.3 Å². The third kappa shape index (κ3) is 4.04. The van der Waals surface area contributed by atoms with Gasteiger partial charge >= 0.3 is 0 Å². The number of aliphatic imine (C=N–C) groups is 1. The van der Waals surface area contributed by atoms with Gasteiger partial charge in [0.1, 0.15) is 11.5 Å². The minimum atomic E-state index is -0.452. The van der Waals surface area contributed by atoms with Crippen LogP contribution in [0.15, 0.2) is 68.9 Å². The average Bonchev–Trinajstić information content (AvgIpc) is 3.31. The van der Waals surface area contributed by atoms with Gasteiger partial charge in [0.25, 0.3) is 11.6 Å². The third-order valence-electron chi connectivity index (χ3n) is 4.49. The number of nitrogens with zero attached hydrogens (tertiary/aromatic N) is 2. The second kappa shape index (κ2) is 8.00. The van der Waals surface area contributed by atoms with E-state index in [1.165, 1.54) is 17.8 Å². The summed E-state index contributed by atoms with van der Waals surface area (Å²) < 4.78 is 5.74. The highest BCUT2D eigenvalue weighted by atomic mass is 32.2. The number of para-hydroxylation sites is 1. The Morgan fingerprint density at radius 1 is 1.13 bits per heavy atom. The van der Waals surface area contributed by atoms with E-state index < -0.39 is 4.92 Å². The van der Waals surface area contributed by atoms with Crippen molar-refractivity contribution in [3.63, 3.8) is 0 Å². The number of amidine groups is 1. The number of furan rings is 1. The van der Waals surface area contributed by atoms with E-state index in [0.717, 1.165) is 16.8 Å². The molecule has 8 heteroatoms. The van der Waals surface area contributed by atoms with Crippen LogP contribution in [0.5, 0.6) is 0 Å². The topological polar surface area (TPSA) is 97.7 Å². The Kier molecular flexibility index (Phi) is 5.24. The van der Waals surface area contributed by atoms with Crippen LogP contribution in [0.3, 0.4) is 0 Å². The minimum Gasteiger partial charge on any atom is -0.456 e. The summed E-state index contributed by atoms with van der Waals surface area (Å²) in [7, 11) is 0. The molecule has 30 heavy (non-hydrogen) atoms. The molecule has 7 nitrogen and oxygen atoms in total. The molecule has 1 aromatic heterocycles. The van der Waals surface area contributed by atoms with E-state index in [1.54, 1.807) is 36.4 Å². The first-order chi connectivity index (χ1) is 14.4. The van der Waals surface area contributed by atoms with Crippen LogP contribution in [-0.4, -0.2) is 16.0 Å². The van der Waals surface area contributed by atoms with Gasteiger partial charge in [0.05, 0.1) is 21.1 Å². The summed E-state index contributed by atoms with van der Waals surface area (Å²) in [5, 5.41) is 14.5. The van der Waals surface area contributed by atoms with Crippen molar-refractivity contribution in [1.82, 2.24) is 5.32 Å². The van der Waals surface area contributed by atoms with E-state index in [2.05, 4.69) is 10.3 Å². The Morgan fingerprint density at radius 3 is 2.70 bits per heavy atom. The maximum Gasteiger partial charge on any atom is 0.280 e. The summed E-state index contributed by atoms with van der Waals surface area (Å²) in [6, 6.07) is 15.6. The Bertz CT molecular complexity index is 1230. The average molecular weight is 419 g/mol. The summed E-state index contributed by atoms with van der Waals surface area (Å²) >= 11 is 1.22. The molecule has 1 aliphatic rings. The molecule has 1 amide bonds. The summed E-state index contributed by atoms with van der Waals surface area (Å²) in [6.45, 7) is 3.98. The minimum absolute atomic E-state index is 0.0399. The SMILES string of the molecule is Cc1ccc(N=C2NC(=O)/C(=C/c3ccc(-c4ccccc4[N+](=O)[O-])o3)S2)c(C)c1. The van der Waals surface area contributed by atoms with Crippen molar-refractivity contribution in [2.75, 3.05) is 0 Å². The molecule has 0 bridgehead atoms. The molecule has 3 aromatic rings. The van der Waals surface area contributed by atoms with Gasteiger partial charge < -0.3 is 9.73 Å². The molecular weight excluding hydrogens is 402 g/mol. The van der Waals surface area contributed by atoms with Gasteiger partial charge in [-0.15, -0.1) is 0 Å². The van der Waals surface area contributed by atoms with Crippen LogP contribution in [0.2, 0.25) is 0 Å². The molecule has 1 aliphatic heterocycles. The fourth-order valence-electron chi connectivity index (χ4n) is 3.07. The van der Waals surface area contributed by atoms with Gasteiger partial charge in [-0.2, -0.15) is 0 Å². The van der Waals surface area contributed by atoms with Crippen molar-refractivity contribution < 1.29 is 14.1 Å². The highest BCUT2D eigenvalue weighted by Gasteiger charge is 2.25. The monoisotopic (exact) mass is 419 g/mol. The molecule has 0 spiro atoms. The number of hydrogen-bond acceptors (Lipinski definition) is 6. The summed E-state index contributed by atoms with van der Waals surface area (Å²) in [4.78, 5) is 28.1. The normalized spacial score (nSPS) is 16.3. The highest BCUT2D eigenvalue weighted by Crippen LogP contribution is 2.33. The van der Waals surface area contributed by atoms with Gasteiger partial charge in [-0.3, -0.25) is 14.9 Å². The van der Waals surface area contributed by atoms with Gasteiger partial charge in [0.15, 0.2) is 5.17 Å². The first-order valence-corrected chi connectivity index (χ1v) is 9.93. The van der Waals surface area contributed by atoms with Crippen molar-refractivity contribution in [2.45, 2.75) is 13.8 Å². The van der Waals surface area contributed by atoms with E-state index in [4.69, 9.17) is 4.42 Å². The lowest BCUT2D eigenvalue weighted by Gasteiger charge is -2.02. The van der Waals surface area contributed by atoms with E-state index in [1.807, 2.05) is 32.0 Å². The Balaban J connectivity index is 1.59. The molecule has 0 saturated carbocycles. The maximum atomic E-state index is 12.3. The number of thioether (sulfide) groups is 1. The van der Waals surface area contributed by atoms with Crippen LogP contribution >= 0.6 is 11.8 Å². The molecular formula is C22H17N3O4S. The van der Waals surface area contributed by atoms with Gasteiger partial charge in [0, 0.05) is 12.1 Å². The molecule has 150 valence electrons. The Morgan fingerprint density at radius 2 is 1.93 bits per heavy atom. The lowest BCUT2D eigenvalue weighted by molar-refractivity contribution is -0.384. The second-order valence-corrected chi connectivity index (χ2v) is 7.78. The van der Waals surface area contributed by atoms with Crippen molar-refractivity contribution >= 4 is 40.3 Å². The number of carbonyl (C=O) groups is 1. The Hall–Kier alpha value is -3.65. The second-order valence-electron chi connectivity index (χ2n) is 6.75. The van der Waals surface area contributed by atoms with E-state index in [0.29, 0.717) is 27.2 Å². The fourth-order valence-corrected chi connectivity index (χ4v) is 3.88. The number of nitro groups is 1. The first kappa shape index (κ1) is 19.7. The molecule has 4 rings (SSSR count). The zero-order valence-corrected chi connectivity index (χ0v) is 17.0. The predicted octanol–water partition coefficient (Wildman–Crippen LogP) is 5.36. The summed E-state index contributed by atoms with van der Waals surface area (Å²) in [6.07, 6.45) is 1.60. The zero-order chi connectivity index (χ0) is 21.3. The smallest absolute Gasteiger partial charge is 0.280 e. The zero-order valence-electron chi connectivity index (χ0n) is 16.2. The van der Waals surface area contributed by atoms with Gasteiger partial charge in [-0.1, -0.05) is 29.8 Å². The number of aryl methyl sites for hydroxylation is 2. The van der Waals surface area contributed by atoms with Gasteiger partial charge in [-0.25, -0.2) is 4.99 Å². The molecule has 1 saturated heterocycles. The van der Waals surface area contributed by atoms with E-state index in [-0.39, 0.29) is 11.6 Å². The molecule has 2 aromatic carbocycles. The van der Waals surface area contributed by atoms with Crippen molar-refractivity contribution in [3.05, 3.63) is 86.5 Å². The fraction of sp³-hybridized carbons (Fsp3) is 0.0909. The molecule has 0 atom stereocenters. The number of nitro benzene ring substituents is 1. The van der Waals surface area contributed by atoms with Crippen LogP contribution in [0.1, 0.15) is 16.9 Å². The van der Waals surface area contributed by atoms with E-state index in [9.17, 15) is 14.9 Å². The van der Waals surface area contributed by atoms with Gasteiger partial charge in [0.2, 0.25) is 0 Å². The van der Waals surface area contributed by atoms with Crippen molar-refractivity contribution in [1.29, 1.82) is 0 Å². The van der Waals surface area contributed by atoms with Crippen LogP contribution < -0.4 is 5.32 Å². The number of benzene rings is 2. The summed E-state index contributed by atoms with van der Waals surface area (Å²) in [5.74, 6) is 0.516. The maximum absolute atomic E-state index is 12.3. The predicted molar refractivity (Wildman–Crippen MR) is 118 cm³/mol.